The normalized spacial score (nSPS) is 23.6. The largest absolute Gasteiger partial charge is 0.378 e. The zero-order chi connectivity index (χ0) is 31.7. The van der Waals surface area contributed by atoms with Crippen molar-refractivity contribution in [3.8, 4) is 6.07 Å². The van der Waals surface area contributed by atoms with Crippen molar-refractivity contribution in [2.45, 2.75) is 86.7 Å². The number of fused-ring (bicyclic) bond motifs is 1. The number of sulfonamides is 1. The number of piperidine rings is 2. The van der Waals surface area contributed by atoms with Gasteiger partial charge in [-0.1, -0.05) is 12.1 Å². The fraction of sp³-hybridized carbons (Fsp3) is 0.515. The number of hydrogen-bond acceptors (Lipinski definition) is 8. The van der Waals surface area contributed by atoms with E-state index in [1.165, 1.54) is 15.9 Å². The van der Waals surface area contributed by atoms with E-state index in [0.717, 1.165) is 42.3 Å². The molecule has 3 heterocycles. The van der Waals surface area contributed by atoms with Crippen molar-refractivity contribution in [3.05, 3.63) is 58.8 Å². The molecule has 1 unspecified atom stereocenters. The number of aromatic nitrogens is 2. The van der Waals surface area contributed by atoms with E-state index in [-0.39, 0.29) is 28.9 Å². The number of aryl methyl sites for hydroxylation is 1. The van der Waals surface area contributed by atoms with Crippen molar-refractivity contribution in [2.24, 2.45) is 12.8 Å². The molecule has 238 valence electrons. The molecule has 11 nitrogen and oxygen atoms in total. The Hall–Kier alpha value is -3.63. The minimum atomic E-state index is -3.64. The lowest BCUT2D eigenvalue weighted by molar-refractivity contribution is -0.134. The zero-order valence-electron chi connectivity index (χ0n) is 25.6. The number of hydrogen-bond donors (Lipinski definition) is 2. The summed E-state index contributed by atoms with van der Waals surface area (Å²) < 4.78 is 36.0. The topological polar surface area (TPSA) is 160 Å². The van der Waals surface area contributed by atoms with Gasteiger partial charge in [0.25, 0.3) is 0 Å². The number of rotatable bonds is 8. The molecule has 2 saturated heterocycles. The average molecular weight is 633 g/mol. The number of nitriles is 1. The van der Waals surface area contributed by atoms with Crippen LogP contribution >= 0.6 is 0 Å². The minimum Gasteiger partial charge on any atom is -0.378 e. The van der Waals surface area contributed by atoms with E-state index in [9.17, 15) is 23.3 Å². The molecule has 12 heteroatoms. The second-order valence-electron chi connectivity index (χ2n) is 12.6. The van der Waals surface area contributed by atoms with Crippen LogP contribution in [0.25, 0.3) is 10.9 Å². The third-order valence-corrected chi connectivity index (χ3v) is 11.6. The molecule has 2 aliphatic heterocycles. The summed E-state index contributed by atoms with van der Waals surface area (Å²) in [5.41, 5.74) is 10.0. The Balaban J connectivity index is 1.05. The van der Waals surface area contributed by atoms with Gasteiger partial charge in [-0.05, 0) is 92.7 Å². The maximum absolute atomic E-state index is 13.2. The number of nitrogens with zero attached hydrogens (tertiary/aromatic N) is 4. The summed E-state index contributed by atoms with van der Waals surface area (Å²) in [5.74, 6) is -0.544. The summed E-state index contributed by atoms with van der Waals surface area (Å²) >= 11 is 0. The number of carbonyl (C=O) groups is 2. The highest BCUT2D eigenvalue weighted by Crippen LogP contribution is 2.37. The van der Waals surface area contributed by atoms with Gasteiger partial charge >= 0.3 is 0 Å². The molecule has 6 rings (SSSR count). The summed E-state index contributed by atoms with van der Waals surface area (Å²) in [5, 5.41) is 17.7. The molecule has 1 aliphatic carbocycles. The summed E-state index contributed by atoms with van der Waals surface area (Å²) in [6, 6.07) is 13.3. The molecule has 3 fully saturated rings. The van der Waals surface area contributed by atoms with E-state index >= 15 is 0 Å². The smallest absolute Gasteiger partial charge is 0.243 e. The molecule has 0 radical (unpaired) electrons. The minimum absolute atomic E-state index is 0.0324. The predicted octanol–water partition coefficient (Wildman–Crippen LogP) is 3.36. The second-order valence-corrected chi connectivity index (χ2v) is 14.5. The van der Waals surface area contributed by atoms with Crippen LogP contribution in [0.15, 0.2) is 41.3 Å². The van der Waals surface area contributed by atoms with Crippen LogP contribution in [0.1, 0.15) is 85.6 Å². The second kappa shape index (κ2) is 13.0. The summed E-state index contributed by atoms with van der Waals surface area (Å²) in [7, 11) is -1.76. The Labute approximate surface area is 263 Å². The lowest BCUT2D eigenvalue weighted by atomic mass is 9.82. The van der Waals surface area contributed by atoms with Crippen LogP contribution < -0.4 is 11.1 Å². The van der Waals surface area contributed by atoms with Crippen molar-refractivity contribution < 1.29 is 22.7 Å². The average Bonchev–Trinajstić information content (AvgIpc) is 3.36. The maximum Gasteiger partial charge on any atom is 0.243 e. The molecule has 0 spiro atoms. The van der Waals surface area contributed by atoms with Crippen LogP contribution in [0.2, 0.25) is 0 Å². The van der Waals surface area contributed by atoms with E-state index < -0.39 is 15.9 Å². The Kier molecular flexibility index (Phi) is 9.06. The highest BCUT2D eigenvalue weighted by molar-refractivity contribution is 7.89. The van der Waals surface area contributed by atoms with Crippen molar-refractivity contribution in [1.82, 2.24) is 19.4 Å². The molecule has 45 heavy (non-hydrogen) atoms. The van der Waals surface area contributed by atoms with E-state index in [1.807, 2.05) is 11.7 Å². The van der Waals surface area contributed by atoms with Gasteiger partial charge in [0.1, 0.15) is 0 Å². The third-order valence-electron chi connectivity index (χ3n) is 9.68. The molecule has 3 N–H and O–H groups in total. The van der Waals surface area contributed by atoms with Crippen LogP contribution in [0.4, 0.5) is 0 Å². The van der Waals surface area contributed by atoms with Crippen LogP contribution in [0.3, 0.4) is 0 Å². The maximum atomic E-state index is 13.2. The number of benzene rings is 2. The summed E-state index contributed by atoms with van der Waals surface area (Å²) in [6.07, 6.45) is 6.41. The zero-order valence-corrected chi connectivity index (χ0v) is 26.4. The number of nitrogens with one attached hydrogen (secondary N) is 1. The Morgan fingerprint density at radius 2 is 1.80 bits per heavy atom. The highest BCUT2D eigenvalue weighted by Gasteiger charge is 2.32. The molecule has 1 aromatic heterocycles. The molecule has 1 atom stereocenters. The summed E-state index contributed by atoms with van der Waals surface area (Å²) in [6.45, 7) is 1.23. The number of ether oxygens (including phenoxy) is 1. The Morgan fingerprint density at radius 3 is 2.51 bits per heavy atom. The Morgan fingerprint density at radius 1 is 1.04 bits per heavy atom. The van der Waals surface area contributed by atoms with E-state index in [0.29, 0.717) is 68.8 Å². The molecule has 1 saturated carbocycles. The third kappa shape index (κ3) is 6.53. The van der Waals surface area contributed by atoms with E-state index in [2.05, 4.69) is 34.7 Å². The standard InChI is InChI=1S/C33H40N6O5S/c1-38-30-19-22(5-9-28(30)32(37-38)29-10-11-31(40)36-33(29)41)21-2-6-26(7-3-21)44-17-14-23-18-27(8-4-24(23)20-34)45(42,43)39-15-12-25(35)13-16-39/h4-5,8-9,18-19,21,25-26,29H,2-3,6-7,10-17,35H2,1H3,(H,36,40,41). The highest BCUT2D eigenvalue weighted by atomic mass is 32.2. The SMILES string of the molecule is Cn1nc(C2CCC(=O)NC2=O)c2ccc(C3CCC(OCCc4cc(S(=O)(=O)N5CCC(N)CC5)ccc4C#N)CC3)cc21. The first-order chi connectivity index (χ1) is 21.6. The van der Waals surface area contributed by atoms with Gasteiger partial charge in [0, 0.05) is 38.0 Å². The predicted molar refractivity (Wildman–Crippen MR) is 168 cm³/mol. The van der Waals surface area contributed by atoms with E-state index in [4.69, 9.17) is 10.5 Å². The van der Waals surface area contributed by atoms with Crippen molar-refractivity contribution >= 4 is 32.7 Å². The first-order valence-corrected chi connectivity index (χ1v) is 17.3. The number of carbonyl (C=O) groups excluding carboxylic acids is 2. The van der Waals surface area contributed by atoms with Gasteiger partial charge in [-0.15, -0.1) is 0 Å². The molecular formula is C33H40N6O5S. The molecule has 0 bridgehead atoms. The number of nitrogens with two attached hydrogens (primary N) is 1. The number of amides is 2. The lowest BCUT2D eigenvalue weighted by Crippen LogP contribution is -2.42. The van der Waals surface area contributed by atoms with Gasteiger partial charge in [0.2, 0.25) is 21.8 Å². The van der Waals surface area contributed by atoms with Gasteiger partial charge < -0.3 is 10.5 Å². The first-order valence-electron chi connectivity index (χ1n) is 15.8. The van der Waals surface area contributed by atoms with Crippen LogP contribution in [0.5, 0.6) is 0 Å². The van der Waals surface area contributed by atoms with Gasteiger partial charge in [-0.3, -0.25) is 19.6 Å². The molecule has 3 aromatic rings. The van der Waals surface area contributed by atoms with Crippen molar-refractivity contribution in [1.29, 1.82) is 5.26 Å². The van der Waals surface area contributed by atoms with Crippen LogP contribution in [0, 0.1) is 11.3 Å². The monoisotopic (exact) mass is 632 g/mol. The molecular weight excluding hydrogens is 592 g/mol. The van der Waals surface area contributed by atoms with Gasteiger partial charge in [0.15, 0.2) is 0 Å². The molecule has 2 aromatic carbocycles. The van der Waals surface area contributed by atoms with Gasteiger partial charge in [0.05, 0.1) is 46.4 Å². The van der Waals surface area contributed by atoms with Crippen LogP contribution in [-0.4, -0.2) is 66.2 Å². The lowest BCUT2D eigenvalue weighted by Gasteiger charge is -2.29. The molecule has 2 amide bonds. The molecule has 3 aliphatic rings. The van der Waals surface area contributed by atoms with Crippen LogP contribution in [-0.2, 0) is 37.8 Å². The first kappa shape index (κ1) is 31.4. The number of imide groups is 1. The quantitative estimate of drug-likeness (QED) is 0.358. The fourth-order valence-corrected chi connectivity index (χ4v) is 8.50. The van der Waals surface area contributed by atoms with Crippen molar-refractivity contribution in [3.63, 3.8) is 0 Å². The van der Waals surface area contributed by atoms with Gasteiger partial charge in [-0.25, -0.2) is 8.42 Å². The van der Waals surface area contributed by atoms with E-state index in [1.54, 1.807) is 12.1 Å². The fourth-order valence-electron chi connectivity index (χ4n) is 6.98. The Bertz CT molecular complexity index is 1750. The summed E-state index contributed by atoms with van der Waals surface area (Å²) in [4.78, 5) is 24.3. The van der Waals surface area contributed by atoms with Gasteiger partial charge in [-0.2, -0.15) is 14.7 Å². The van der Waals surface area contributed by atoms with Crippen molar-refractivity contribution in [2.75, 3.05) is 19.7 Å².